The summed E-state index contributed by atoms with van der Waals surface area (Å²) in [5.74, 6) is 0. The van der Waals surface area contributed by atoms with Gasteiger partial charge in [0.15, 0.2) is 6.29 Å². The first-order chi connectivity index (χ1) is 8.20. The van der Waals surface area contributed by atoms with Gasteiger partial charge in [0.1, 0.15) is 0 Å². The fourth-order valence-electron chi connectivity index (χ4n) is 1.74. The molecule has 88 valence electrons. The van der Waals surface area contributed by atoms with Crippen molar-refractivity contribution in [3.05, 3.63) is 51.7 Å². The minimum Gasteiger partial charge on any atom is -0.370 e. The molecule has 0 unspecified atom stereocenters. The molecule has 0 spiro atoms. The molecule has 0 bridgehead atoms. The Morgan fingerprint density at radius 1 is 1.35 bits per heavy atom. The lowest BCUT2D eigenvalue weighted by atomic mass is 10.1. The first kappa shape index (κ1) is 11.9. The molecule has 0 aliphatic rings. The number of rotatable bonds is 4. The molecular formula is C14H15NOS. The van der Waals surface area contributed by atoms with E-state index in [1.54, 1.807) is 0 Å². The summed E-state index contributed by atoms with van der Waals surface area (Å²) in [7, 11) is 2.04. The van der Waals surface area contributed by atoms with Crippen LogP contribution in [0.2, 0.25) is 0 Å². The van der Waals surface area contributed by atoms with E-state index in [-0.39, 0.29) is 0 Å². The molecule has 0 N–H and O–H groups in total. The highest BCUT2D eigenvalue weighted by molar-refractivity contribution is 7.12. The van der Waals surface area contributed by atoms with E-state index < -0.39 is 0 Å². The quantitative estimate of drug-likeness (QED) is 0.768. The van der Waals surface area contributed by atoms with Crippen LogP contribution in [0.1, 0.15) is 20.8 Å². The first-order valence-corrected chi connectivity index (χ1v) is 6.38. The number of carbonyl (C=O) groups is 1. The number of aldehydes is 1. The van der Waals surface area contributed by atoms with Crippen molar-refractivity contribution < 1.29 is 4.79 Å². The number of hydrogen-bond donors (Lipinski definition) is 0. The summed E-state index contributed by atoms with van der Waals surface area (Å²) in [4.78, 5) is 13.6. The van der Waals surface area contributed by atoms with Gasteiger partial charge in [-0.25, -0.2) is 0 Å². The number of carbonyl (C=O) groups excluding carboxylic acids is 1. The Hall–Kier alpha value is -1.61. The van der Waals surface area contributed by atoms with Gasteiger partial charge in [-0.1, -0.05) is 24.3 Å². The van der Waals surface area contributed by atoms with Crippen LogP contribution in [0.5, 0.6) is 0 Å². The minimum atomic E-state index is 0.775. The Labute approximate surface area is 106 Å². The average Bonchev–Trinajstić information content (AvgIpc) is 2.81. The van der Waals surface area contributed by atoms with Crippen molar-refractivity contribution >= 4 is 23.3 Å². The van der Waals surface area contributed by atoms with Gasteiger partial charge in [-0.2, -0.15) is 0 Å². The molecule has 0 aliphatic carbocycles. The Balaban J connectivity index is 2.14. The van der Waals surface area contributed by atoms with E-state index in [2.05, 4.69) is 30.0 Å². The second-order valence-electron chi connectivity index (χ2n) is 4.11. The molecule has 0 aliphatic heterocycles. The second kappa shape index (κ2) is 5.15. The molecule has 2 nitrogen and oxygen atoms in total. The molecule has 2 rings (SSSR count). The third-order valence-electron chi connectivity index (χ3n) is 2.83. The predicted octanol–water partition coefficient (Wildman–Crippen LogP) is 3.51. The Morgan fingerprint density at radius 3 is 2.76 bits per heavy atom. The number of nitrogens with zero attached hydrogens (tertiary/aromatic N) is 1. The molecule has 0 atom stereocenters. The third kappa shape index (κ3) is 2.74. The van der Waals surface area contributed by atoms with Gasteiger partial charge in [-0.05, 0) is 24.1 Å². The number of hydrogen-bond acceptors (Lipinski definition) is 3. The molecule has 1 heterocycles. The van der Waals surface area contributed by atoms with Crippen LogP contribution in [0, 0.1) is 6.92 Å². The van der Waals surface area contributed by atoms with E-state index in [0.717, 1.165) is 23.4 Å². The highest BCUT2D eigenvalue weighted by Gasteiger charge is 2.06. The summed E-state index contributed by atoms with van der Waals surface area (Å²) < 4.78 is 0. The van der Waals surface area contributed by atoms with Crippen LogP contribution in [0.4, 0.5) is 5.69 Å². The van der Waals surface area contributed by atoms with E-state index in [9.17, 15) is 4.79 Å². The zero-order valence-corrected chi connectivity index (χ0v) is 10.8. The van der Waals surface area contributed by atoms with Crippen LogP contribution in [-0.2, 0) is 6.54 Å². The van der Waals surface area contributed by atoms with E-state index in [4.69, 9.17) is 0 Å². The van der Waals surface area contributed by atoms with Gasteiger partial charge in [0, 0.05) is 24.7 Å². The molecule has 0 amide bonds. The predicted molar refractivity (Wildman–Crippen MR) is 73.0 cm³/mol. The van der Waals surface area contributed by atoms with E-state index in [1.165, 1.54) is 22.5 Å². The molecule has 0 fully saturated rings. The van der Waals surface area contributed by atoms with Crippen LogP contribution in [0.25, 0.3) is 0 Å². The zero-order valence-electron chi connectivity index (χ0n) is 10.0. The lowest BCUT2D eigenvalue weighted by molar-refractivity contribution is 0.112. The molecule has 0 saturated carbocycles. The van der Waals surface area contributed by atoms with Crippen molar-refractivity contribution in [3.8, 4) is 0 Å². The van der Waals surface area contributed by atoms with Crippen LogP contribution < -0.4 is 4.90 Å². The summed E-state index contributed by atoms with van der Waals surface area (Å²) in [5, 5.41) is 2.02. The van der Waals surface area contributed by atoms with Crippen molar-refractivity contribution in [2.24, 2.45) is 0 Å². The summed E-state index contributed by atoms with van der Waals surface area (Å²) in [6, 6.07) is 10.3. The summed E-state index contributed by atoms with van der Waals surface area (Å²) in [6.07, 6.45) is 0.899. The third-order valence-corrected chi connectivity index (χ3v) is 3.68. The van der Waals surface area contributed by atoms with Crippen LogP contribution >= 0.6 is 11.3 Å². The summed E-state index contributed by atoms with van der Waals surface area (Å²) >= 11 is 1.48. The highest BCUT2D eigenvalue weighted by atomic mass is 32.1. The van der Waals surface area contributed by atoms with Crippen LogP contribution in [0.3, 0.4) is 0 Å². The van der Waals surface area contributed by atoms with Crippen LogP contribution in [0.15, 0.2) is 35.7 Å². The maximum atomic E-state index is 10.6. The van der Waals surface area contributed by atoms with Crippen molar-refractivity contribution in [1.82, 2.24) is 0 Å². The minimum absolute atomic E-state index is 0.775. The monoisotopic (exact) mass is 245 g/mol. The average molecular weight is 245 g/mol. The fourth-order valence-corrected chi connectivity index (χ4v) is 2.49. The number of anilines is 1. The molecule has 1 aromatic heterocycles. The molecule has 17 heavy (non-hydrogen) atoms. The SMILES string of the molecule is Cc1ccccc1CN(C)c1csc(C=O)c1. The van der Waals surface area contributed by atoms with Gasteiger partial charge in [0.2, 0.25) is 0 Å². The van der Waals surface area contributed by atoms with E-state index in [1.807, 2.05) is 24.6 Å². The maximum absolute atomic E-state index is 10.6. The first-order valence-electron chi connectivity index (χ1n) is 5.50. The normalized spacial score (nSPS) is 10.2. The van der Waals surface area contributed by atoms with Gasteiger partial charge >= 0.3 is 0 Å². The van der Waals surface area contributed by atoms with Gasteiger partial charge in [-0.3, -0.25) is 4.79 Å². The molecular weight excluding hydrogens is 230 g/mol. The van der Waals surface area contributed by atoms with Gasteiger partial charge < -0.3 is 4.90 Å². The van der Waals surface area contributed by atoms with Gasteiger partial charge in [0.05, 0.1) is 4.88 Å². The lowest BCUT2D eigenvalue weighted by Crippen LogP contribution is -2.16. The number of benzene rings is 1. The van der Waals surface area contributed by atoms with E-state index >= 15 is 0 Å². The Bertz CT molecular complexity index is 518. The number of aryl methyl sites for hydroxylation is 1. The Morgan fingerprint density at radius 2 is 2.12 bits per heavy atom. The highest BCUT2D eigenvalue weighted by Crippen LogP contribution is 2.23. The summed E-state index contributed by atoms with van der Waals surface area (Å²) in [6.45, 7) is 2.98. The standard InChI is InChI=1S/C14H15NOS/c1-11-5-3-4-6-12(11)8-15(2)13-7-14(9-16)17-10-13/h3-7,9-10H,8H2,1-2H3. The van der Waals surface area contributed by atoms with E-state index in [0.29, 0.717) is 0 Å². The van der Waals surface area contributed by atoms with Crippen molar-refractivity contribution in [3.63, 3.8) is 0 Å². The molecule has 2 aromatic rings. The van der Waals surface area contributed by atoms with Crippen molar-refractivity contribution in [2.75, 3.05) is 11.9 Å². The smallest absolute Gasteiger partial charge is 0.160 e. The summed E-state index contributed by atoms with van der Waals surface area (Å²) in [5.41, 5.74) is 3.71. The second-order valence-corrected chi connectivity index (χ2v) is 5.05. The zero-order chi connectivity index (χ0) is 12.3. The maximum Gasteiger partial charge on any atom is 0.160 e. The van der Waals surface area contributed by atoms with Crippen LogP contribution in [-0.4, -0.2) is 13.3 Å². The van der Waals surface area contributed by atoms with Crippen molar-refractivity contribution in [2.45, 2.75) is 13.5 Å². The molecule has 3 heteroatoms. The molecule has 0 radical (unpaired) electrons. The van der Waals surface area contributed by atoms with Crippen molar-refractivity contribution in [1.29, 1.82) is 0 Å². The van der Waals surface area contributed by atoms with Gasteiger partial charge in [0.25, 0.3) is 0 Å². The topological polar surface area (TPSA) is 20.3 Å². The largest absolute Gasteiger partial charge is 0.370 e. The lowest BCUT2D eigenvalue weighted by Gasteiger charge is -2.18. The van der Waals surface area contributed by atoms with Gasteiger partial charge in [-0.15, -0.1) is 11.3 Å². The Kier molecular flexibility index (Phi) is 3.59. The molecule has 0 saturated heterocycles. The molecule has 1 aromatic carbocycles. The number of thiophene rings is 1. The fraction of sp³-hybridized carbons (Fsp3) is 0.214.